The van der Waals surface area contributed by atoms with Gasteiger partial charge in [-0.25, -0.2) is 9.97 Å². The molecule has 28 heavy (non-hydrogen) atoms. The number of para-hydroxylation sites is 2. The molecule has 0 aliphatic heterocycles. The Morgan fingerprint density at radius 3 is 1.32 bits per heavy atom. The van der Waals surface area contributed by atoms with Crippen LogP contribution < -0.4 is 0 Å². The van der Waals surface area contributed by atoms with Gasteiger partial charge in [0.15, 0.2) is 0 Å². The zero-order valence-electron chi connectivity index (χ0n) is 16.0. The van der Waals surface area contributed by atoms with Gasteiger partial charge in [-0.2, -0.15) is 0 Å². The van der Waals surface area contributed by atoms with Gasteiger partial charge in [-0.15, -0.1) is 0 Å². The molecule has 2 heterocycles. The molecule has 0 saturated heterocycles. The number of hydrogen-bond donors (Lipinski definition) is 0. The second kappa shape index (κ2) is 6.58. The quantitative estimate of drug-likeness (QED) is 0.349. The fourth-order valence-corrected chi connectivity index (χ4v) is 3.81. The summed E-state index contributed by atoms with van der Waals surface area (Å²) in [5.41, 5.74) is 8.82. The maximum Gasteiger partial charge on any atom is 0.0712 e. The van der Waals surface area contributed by atoms with Crippen molar-refractivity contribution in [2.24, 2.45) is 0 Å². The molecule has 0 radical (unpaired) electrons. The van der Waals surface area contributed by atoms with Crippen LogP contribution in [-0.4, -0.2) is 9.97 Å². The van der Waals surface area contributed by atoms with Gasteiger partial charge in [-0.05, 0) is 49.2 Å². The molecule has 0 spiro atoms. The summed E-state index contributed by atoms with van der Waals surface area (Å²) in [6.07, 6.45) is 0. The Morgan fingerprint density at radius 2 is 0.893 bits per heavy atom. The minimum atomic E-state index is 1.01. The maximum atomic E-state index is 4.85. The smallest absolute Gasteiger partial charge is 0.0712 e. The van der Waals surface area contributed by atoms with E-state index in [-0.39, 0.29) is 0 Å². The van der Waals surface area contributed by atoms with Gasteiger partial charge in [-0.3, -0.25) is 0 Å². The average Bonchev–Trinajstić information content (AvgIpc) is 2.74. The summed E-state index contributed by atoms with van der Waals surface area (Å²) >= 11 is 0. The predicted molar refractivity (Wildman–Crippen MR) is 117 cm³/mol. The van der Waals surface area contributed by atoms with E-state index in [1.165, 1.54) is 21.9 Å². The lowest BCUT2D eigenvalue weighted by Crippen LogP contribution is -1.90. The largest absolute Gasteiger partial charge is 0.248 e. The van der Waals surface area contributed by atoms with Gasteiger partial charge < -0.3 is 0 Å². The number of benzene rings is 3. The molecule has 0 amide bonds. The van der Waals surface area contributed by atoms with Crippen LogP contribution in [0.4, 0.5) is 0 Å². The topological polar surface area (TPSA) is 25.8 Å². The van der Waals surface area contributed by atoms with Crippen LogP contribution in [0.5, 0.6) is 0 Å². The van der Waals surface area contributed by atoms with Crippen molar-refractivity contribution in [1.29, 1.82) is 0 Å². The highest BCUT2D eigenvalue weighted by Gasteiger charge is 2.08. The third-order valence-corrected chi connectivity index (χ3v) is 5.32. The molecule has 5 rings (SSSR count). The van der Waals surface area contributed by atoms with E-state index >= 15 is 0 Å². The summed E-state index contributed by atoms with van der Waals surface area (Å²) < 4.78 is 0. The van der Waals surface area contributed by atoms with Crippen LogP contribution in [-0.2, 0) is 0 Å². The van der Waals surface area contributed by atoms with Crippen molar-refractivity contribution < 1.29 is 0 Å². The SMILES string of the molecule is Cc1cc(-c2ccc(-c3cc(C)c4ccccc4n3)cc2)nc2ccccc12. The second-order valence-electron chi connectivity index (χ2n) is 7.26. The summed E-state index contributed by atoms with van der Waals surface area (Å²) in [7, 11) is 0. The van der Waals surface area contributed by atoms with Crippen LogP contribution in [0, 0.1) is 13.8 Å². The molecule has 0 N–H and O–H groups in total. The van der Waals surface area contributed by atoms with Crippen molar-refractivity contribution in [3.63, 3.8) is 0 Å². The van der Waals surface area contributed by atoms with Crippen LogP contribution in [0.1, 0.15) is 11.1 Å². The van der Waals surface area contributed by atoms with Crippen LogP contribution in [0.3, 0.4) is 0 Å². The molecule has 2 heteroatoms. The van der Waals surface area contributed by atoms with Gasteiger partial charge in [0.25, 0.3) is 0 Å². The first-order chi connectivity index (χ1) is 13.7. The van der Waals surface area contributed by atoms with Crippen molar-refractivity contribution in [2.75, 3.05) is 0 Å². The minimum Gasteiger partial charge on any atom is -0.248 e. The Kier molecular flexibility index (Phi) is 3.91. The van der Waals surface area contributed by atoms with Crippen molar-refractivity contribution in [3.8, 4) is 22.5 Å². The van der Waals surface area contributed by atoms with E-state index in [4.69, 9.17) is 9.97 Å². The molecule has 0 bridgehead atoms. The van der Waals surface area contributed by atoms with E-state index in [0.717, 1.165) is 33.5 Å². The van der Waals surface area contributed by atoms with E-state index in [0.29, 0.717) is 0 Å². The van der Waals surface area contributed by atoms with Crippen LogP contribution in [0.2, 0.25) is 0 Å². The first-order valence-corrected chi connectivity index (χ1v) is 9.53. The average molecular weight is 360 g/mol. The Bertz CT molecular complexity index is 1210. The third-order valence-electron chi connectivity index (χ3n) is 5.32. The molecule has 0 aliphatic carbocycles. The number of hydrogen-bond acceptors (Lipinski definition) is 2. The lowest BCUT2D eigenvalue weighted by atomic mass is 10.0. The maximum absolute atomic E-state index is 4.85. The van der Waals surface area contributed by atoms with E-state index in [1.807, 2.05) is 12.1 Å². The van der Waals surface area contributed by atoms with E-state index in [2.05, 4.69) is 86.6 Å². The molecule has 3 aromatic carbocycles. The minimum absolute atomic E-state index is 1.01. The van der Waals surface area contributed by atoms with Crippen molar-refractivity contribution >= 4 is 21.8 Å². The normalized spacial score (nSPS) is 11.2. The zero-order valence-corrected chi connectivity index (χ0v) is 16.0. The number of pyridine rings is 2. The molecule has 0 atom stereocenters. The fourth-order valence-electron chi connectivity index (χ4n) is 3.81. The van der Waals surface area contributed by atoms with Crippen molar-refractivity contribution in [1.82, 2.24) is 9.97 Å². The lowest BCUT2D eigenvalue weighted by molar-refractivity contribution is 1.35. The Labute approximate surface area is 164 Å². The molecule has 5 aromatic rings. The monoisotopic (exact) mass is 360 g/mol. The molecular weight excluding hydrogens is 340 g/mol. The molecule has 0 unspecified atom stereocenters. The van der Waals surface area contributed by atoms with Gasteiger partial charge in [0.2, 0.25) is 0 Å². The number of rotatable bonds is 2. The van der Waals surface area contributed by atoms with Crippen molar-refractivity contribution in [2.45, 2.75) is 13.8 Å². The van der Waals surface area contributed by atoms with Gasteiger partial charge in [0.1, 0.15) is 0 Å². The molecule has 0 aliphatic rings. The van der Waals surface area contributed by atoms with Crippen LogP contribution in [0.15, 0.2) is 84.9 Å². The molecule has 2 nitrogen and oxygen atoms in total. The van der Waals surface area contributed by atoms with Gasteiger partial charge in [0.05, 0.1) is 22.4 Å². The zero-order chi connectivity index (χ0) is 19.1. The Morgan fingerprint density at radius 1 is 0.500 bits per heavy atom. The second-order valence-corrected chi connectivity index (χ2v) is 7.26. The first kappa shape index (κ1) is 16.6. The van der Waals surface area contributed by atoms with Crippen molar-refractivity contribution in [3.05, 3.63) is 96.1 Å². The molecular formula is C26H20N2. The third kappa shape index (κ3) is 2.84. The summed E-state index contributed by atoms with van der Waals surface area (Å²) in [6, 6.07) is 29.5. The van der Waals surface area contributed by atoms with Gasteiger partial charge >= 0.3 is 0 Å². The predicted octanol–water partition coefficient (Wildman–Crippen LogP) is 6.73. The molecule has 0 fully saturated rings. The molecule has 0 saturated carbocycles. The molecule has 134 valence electrons. The lowest BCUT2D eigenvalue weighted by Gasteiger charge is -2.09. The highest BCUT2D eigenvalue weighted by molar-refractivity contribution is 5.86. The number of aryl methyl sites for hydroxylation is 2. The number of fused-ring (bicyclic) bond motifs is 2. The standard InChI is InChI=1S/C26H20N2/c1-17-15-25(27-23-9-5-3-7-21(17)23)19-11-13-20(14-12-19)26-16-18(2)22-8-4-6-10-24(22)28-26/h3-16H,1-2H3. The molecule has 2 aromatic heterocycles. The van der Waals surface area contributed by atoms with E-state index in [9.17, 15) is 0 Å². The number of nitrogens with zero attached hydrogens (tertiary/aromatic N) is 2. The summed E-state index contributed by atoms with van der Waals surface area (Å²) in [6.45, 7) is 4.29. The van der Waals surface area contributed by atoms with Gasteiger partial charge in [-0.1, -0.05) is 60.7 Å². The Balaban J connectivity index is 1.56. The van der Waals surface area contributed by atoms with E-state index < -0.39 is 0 Å². The first-order valence-electron chi connectivity index (χ1n) is 9.53. The summed E-state index contributed by atoms with van der Waals surface area (Å²) in [5, 5.41) is 2.41. The Hall–Kier alpha value is -3.52. The van der Waals surface area contributed by atoms with E-state index in [1.54, 1.807) is 0 Å². The summed E-state index contributed by atoms with van der Waals surface area (Å²) in [5.74, 6) is 0. The highest BCUT2D eigenvalue weighted by Crippen LogP contribution is 2.28. The van der Waals surface area contributed by atoms with Crippen LogP contribution in [0.25, 0.3) is 44.3 Å². The van der Waals surface area contributed by atoms with Gasteiger partial charge in [0, 0.05) is 21.9 Å². The highest BCUT2D eigenvalue weighted by atomic mass is 14.7. The fraction of sp³-hybridized carbons (Fsp3) is 0.0769. The number of aromatic nitrogens is 2. The summed E-state index contributed by atoms with van der Waals surface area (Å²) in [4.78, 5) is 9.70. The van der Waals surface area contributed by atoms with Crippen LogP contribution >= 0.6 is 0 Å².